The Kier molecular flexibility index (Phi) is 7.91. The van der Waals surface area contributed by atoms with Gasteiger partial charge < -0.3 is 14.4 Å². The molecule has 2 fully saturated rings. The Morgan fingerprint density at radius 1 is 1.18 bits per heavy atom. The molecule has 1 aromatic rings. The normalized spacial score (nSPS) is 23.0. The molecule has 0 spiro atoms. The van der Waals surface area contributed by atoms with Gasteiger partial charge in [-0.25, -0.2) is 13.4 Å². The zero-order chi connectivity index (χ0) is 20.0. The maximum atomic E-state index is 13.4. The summed E-state index contributed by atoms with van der Waals surface area (Å²) in [7, 11) is -1.81. The van der Waals surface area contributed by atoms with Crippen LogP contribution in [0.4, 0.5) is 0 Å². The van der Waals surface area contributed by atoms with E-state index in [0.717, 1.165) is 70.2 Å². The van der Waals surface area contributed by atoms with Crippen molar-refractivity contribution in [2.45, 2.75) is 74.9 Å². The minimum atomic E-state index is -3.44. The molecule has 0 bridgehead atoms. The number of methoxy groups -OCH3 is 1. The number of aromatic nitrogens is 2. The van der Waals surface area contributed by atoms with Gasteiger partial charge in [-0.15, -0.1) is 0 Å². The SMILES string of the molecule is COCCn1c(CN2CCC[C@@H](CO)C2)cnc1S(=O)(=O)C1CCCCCC1. The molecule has 0 unspecified atom stereocenters. The highest BCUT2D eigenvalue weighted by Gasteiger charge is 2.33. The first-order valence-electron chi connectivity index (χ1n) is 10.7. The second-order valence-corrected chi connectivity index (χ2v) is 10.4. The van der Waals surface area contributed by atoms with Gasteiger partial charge in [0.15, 0.2) is 0 Å². The molecule has 0 amide bonds. The molecule has 2 heterocycles. The number of piperidine rings is 1. The molecule has 1 aromatic heterocycles. The van der Waals surface area contributed by atoms with Crippen LogP contribution in [0.2, 0.25) is 0 Å². The van der Waals surface area contributed by atoms with Crippen molar-refractivity contribution in [2.75, 3.05) is 33.4 Å². The quantitative estimate of drug-likeness (QED) is 0.658. The first kappa shape index (κ1) is 21.7. The minimum absolute atomic E-state index is 0.209. The summed E-state index contributed by atoms with van der Waals surface area (Å²) in [5.41, 5.74) is 0.919. The molecule has 3 rings (SSSR count). The van der Waals surface area contributed by atoms with Gasteiger partial charge in [0.1, 0.15) is 0 Å². The summed E-state index contributed by atoms with van der Waals surface area (Å²) in [6.07, 6.45) is 9.51. The highest BCUT2D eigenvalue weighted by atomic mass is 32.2. The summed E-state index contributed by atoms with van der Waals surface area (Å²) in [6, 6.07) is 0. The Bertz CT molecular complexity index is 711. The van der Waals surface area contributed by atoms with Gasteiger partial charge >= 0.3 is 0 Å². The number of aliphatic hydroxyl groups is 1. The second kappa shape index (κ2) is 10.2. The lowest BCUT2D eigenvalue weighted by Crippen LogP contribution is -2.37. The van der Waals surface area contributed by atoms with Gasteiger partial charge in [-0.3, -0.25) is 4.90 Å². The summed E-state index contributed by atoms with van der Waals surface area (Å²) in [6.45, 7) is 3.63. The Balaban J connectivity index is 1.83. The molecule has 8 heteroatoms. The van der Waals surface area contributed by atoms with E-state index in [1.807, 2.05) is 4.57 Å². The third kappa shape index (κ3) is 5.14. The van der Waals surface area contributed by atoms with Crippen LogP contribution in [0, 0.1) is 5.92 Å². The van der Waals surface area contributed by atoms with Crippen molar-refractivity contribution in [2.24, 2.45) is 5.92 Å². The van der Waals surface area contributed by atoms with Crippen LogP contribution in [0.3, 0.4) is 0 Å². The zero-order valence-corrected chi connectivity index (χ0v) is 17.9. The third-order valence-corrected chi connectivity index (χ3v) is 8.35. The molecule has 0 aromatic carbocycles. The number of rotatable bonds is 8. The summed E-state index contributed by atoms with van der Waals surface area (Å²) >= 11 is 0. The molecule has 1 saturated heterocycles. The summed E-state index contributed by atoms with van der Waals surface area (Å²) < 4.78 is 33.8. The molecular weight excluding hydrogens is 378 g/mol. The number of aliphatic hydroxyl groups excluding tert-OH is 1. The Morgan fingerprint density at radius 3 is 2.61 bits per heavy atom. The molecule has 0 radical (unpaired) electrons. The number of likely N-dealkylation sites (tertiary alicyclic amines) is 1. The monoisotopic (exact) mass is 413 g/mol. The third-order valence-electron chi connectivity index (χ3n) is 6.16. The highest BCUT2D eigenvalue weighted by Crippen LogP contribution is 2.28. The van der Waals surface area contributed by atoms with Crippen molar-refractivity contribution in [3.8, 4) is 0 Å². The maximum absolute atomic E-state index is 13.4. The average molecular weight is 414 g/mol. The molecule has 160 valence electrons. The fraction of sp³-hybridized carbons (Fsp3) is 0.850. The average Bonchev–Trinajstić information content (AvgIpc) is 2.91. The van der Waals surface area contributed by atoms with Gasteiger partial charge in [0.2, 0.25) is 15.0 Å². The van der Waals surface area contributed by atoms with Gasteiger partial charge in [0, 0.05) is 33.4 Å². The van der Waals surface area contributed by atoms with Crippen molar-refractivity contribution in [1.29, 1.82) is 0 Å². The molecule has 2 aliphatic rings. The minimum Gasteiger partial charge on any atom is -0.396 e. The van der Waals surface area contributed by atoms with Crippen LogP contribution < -0.4 is 0 Å². The number of hydrogen-bond donors (Lipinski definition) is 1. The van der Waals surface area contributed by atoms with Crippen molar-refractivity contribution < 1.29 is 18.3 Å². The summed E-state index contributed by atoms with van der Waals surface area (Å²) in [5, 5.41) is 9.37. The molecule has 1 aliphatic heterocycles. The van der Waals surface area contributed by atoms with Crippen LogP contribution in [0.5, 0.6) is 0 Å². The van der Waals surface area contributed by atoms with E-state index in [9.17, 15) is 13.5 Å². The predicted molar refractivity (Wildman–Crippen MR) is 108 cm³/mol. The number of imidazole rings is 1. The van der Waals surface area contributed by atoms with Crippen molar-refractivity contribution >= 4 is 9.84 Å². The number of hydrogen-bond acceptors (Lipinski definition) is 6. The topological polar surface area (TPSA) is 84.7 Å². The lowest BCUT2D eigenvalue weighted by atomic mass is 9.99. The predicted octanol–water partition coefficient (Wildman–Crippen LogP) is 2.23. The van der Waals surface area contributed by atoms with Crippen LogP contribution in [-0.2, 0) is 27.7 Å². The van der Waals surface area contributed by atoms with E-state index in [4.69, 9.17) is 4.74 Å². The van der Waals surface area contributed by atoms with Crippen LogP contribution in [-0.4, -0.2) is 66.6 Å². The van der Waals surface area contributed by atoms with E-state index < -0.39 is 9.84 Å². The number of ether oxygens (including phenoxy) is 1. The largest absolute Gasteiger partial charge is 0.396 e. The van der Waals surface area contributed by atoms with Crippen LogP contribution in [0.15, 0.2) is 11.4 Å². The Morgan fingerprint density at radius 2 is 1.93 bits per heavy atom. The van der Waals surface area contributed by atoms with E-state index in [-0.39, 0.29) is 17.0 Å². The van der Waals surface area contributed by atoms with Gasteiger partial charge in [-0.05, 0) is 38.1 Å². The fourth-order valence-corrected chi connectivity index (χ4v) is 6.51. The molecule has 28 heavy (non-hydrogen) atoms. The van der Waals surface area contributed by atoms with Gasteiger partial charge in [-0.2, -0.15) is 0 Å². The van der Waals surface area contributed by atoms with Crippen LogP contribution in [0.25, 0.3) is 0 Å². The lowest BCUT2D eigenvalue weighted by molar-refractivity contribution is 0.113. The smallest absolute Gasteiger partial charge is 0.228 e. The van der Waals surface area contributed by atoms with Gasteiger partial charge in [0.25, 0.3) is 0 Å². The summed E-state index contributed by atoms with van der Waals surface area (Å²) in [5.74, 6) is 0.304. The van der Waals surface area contributed by atoms with E-state index in [2.05, 4.69) is 9.88 Å². The van der Waals surface area contributed by atoms with Gasteiger partial charge in [-0.1, -0.05) is 25.7 Å². The highest BCUT2D eigenvalue weighted by molar-refractivity contribution is 7.91. The molecule has 1 aliphatic carbocycles. The molecule has 7 nitrogen and oxygen atoms in total. The van der Waals surface area contributed by atoms with Crippen LogP contribution in [0.1, 0.15) is 57.1 Å². The first-order valence-corrected chi connectivity index (χ1v) is 12.2. The molecular formula is C20H35N3O4S. The Labute approximate surface area is 169 Å². The second-order valence-electron chi connectivity index (χ2n) is 8.26. The summed E-state index contributed by atoms with van der Waals surface area (Å²) in [4.78, 5) is 6.69. The number of sulfone groups is 1. The number of nitrogens with zero attached hydrogens (tertiary/aromatic N) is 3. The molecule has 1 N–H and O–H groups in total. The standard InChI is InChI=1S/C20H35N3O4S/c1-27-12-11-23-18(15-22-10-6-7-17(14-22)16-24)13-21-20(23)28(25,26)19-8-4-2-3-5-9-19/h13,17,19,24H,2-12,14-16H2,1H3/t17-/m1/s1. The van der Waals surface area contributed by atoms with E-state index in [1.165, 1.54) is 0 Å². The maximum Gasteiger partial charge on any atom is 0.228 e. The van der Waals surface area contributed by atoms with Crippen molar-refractivity contribution in [1.82, 2.24) is 14.5 Å². The van der Waals surface area contributed by atoms with E-state index in [0.29, 0.717) is 25.6 Å². The van der Waals surface area contributed by atoms with Crippen molar-refractivity contribution in [3.05, 3.63) is 11.9 Å². The molecule has 1 saturated carbocycles. The Hall–Kier alpha value is -0.960. The van der Waals surface area contributed by atoms with E-state index in [1.54, 1.807) is 13.3 Å². The van der Waals surface area contributed by atoms with Gasteiger partial charge in [0.05, 0.1) is 23.7 Å². The van der Waals surface area contributed by atoms with E-state index >= 15 is 0 Å². The zero-order valence-electron chi connectivity index (χ0n) is 17.1. The lowest BCUT2D eigenvalue weighted by Gasteiger charge is -2.31. The first-order chi connectivity index (χ1) is 13.6. The van der Waals surface area contributed by atoms with Crippen molar-refractivity contribution in [3.63, 3.8) is 0 Å². The van der Waals surface area contributed by atoms with Crippen LogP contribution >= 0.6 is 0 Å². The fourth-order valence-electron chi connectivity index (χ4n) is 4.54. The molecule has 1 atom stereocenters.